The highest BCUT2D eigenvalue weighted by Crippen LogP contribution is 2.18. The predicted molar refractivity (Wildman–Crippen MR) is 84.5 cm³/mol. The Bertz CT molecular complexity index is 608. The molecule has 0 aromatic heterocycles. The Kier molecular flexibility index (Phi) is 4.64. The molecule has 20 heavy (non-hydrogen) atoms. The Morgan fingerprint density at radius 2 is 1.90 bits per heavy atom. The summed E-state index contributed by atoms with van der Waals surface area (Å²) < 4.78 is 0. The van der Waals surface area contributed by atoms with Crippen LogP contribution >= 0.6 is 11.6 Å². The van der Waals surface area contributed by atoms with E-state index in [0.717, 1.165) is 23.7 Å². The number of halogens is 1. The summed E-state index contributed by atoms with van der Waals surface area (Å²) in [6.07, 6.45) is 0.886. The van der Waals surface area contributed by atoms with Gasteiger partial charge in [-0.3, -0.25) is 4.79 Å². The van der Waals surface area contributed by atoms with Crippen LogP contribution in [0.2, 0.25) is 5.02 Å². The summed E-state index contributed by atoms with van der Waals surface area (Å²) >= 11 is 5.84. The van der Waals surface area contributed by atoms with E-state index in [0.29, 0.717) is 11.3 Å². The van der Waals surface area contributed by atoms with Crippen molar-refractivity contribution in [2.24, 2.45) is 0 Å². The molecule has 0 atom stereocenters. The second kappa shape index (κ2) is 6.44. The van der Waals surface area contributed by atoms with Gasteiger partial charge >= 0.3 is 0 Å². The number of carbonyl (C=O) groups excluding carboxylic acids is 1. The lowest BCUT2D eigenvalue weighted by molar-refractivity contribution is 0.101. The van der Waals surface area contributed by atoms with Crippen LogP contribution in [-0.2, 0) is 6.42 Å². The van der Waals surface area contributed by atoms with Crippen molar-refractivity contribution in [1.29, 1.82) is 0 Å². The number of nitrogen functional groups attached to an aromatic ring is 1. The van der Waals surface area contributed by atoms with Crippen molar-refractivity contribution in [1.82, 2.24) is 0 Å². The lowest BCUT2D eigenvalue weighted by atomic mass is 10.1. The highest BCUT2D eigenvalue weighted by Gasteiger charge is 2.05. The van der Waals surface area contributed by atoms with Crippen LogP contribution in [0.3, 0.4) is 0 Å². The molecule has 0 spiro atoms. The number of Topliss-reactive ketones (excluding diaryl/α,β-unsaturated/α-hetero) is 1. The van der Waals surface area contributed by atoms with Crippen LogP contribution in [0, 0.1) is 0 Å². The molecule has 0 heterocycles. The van der Waals surface area contributed by atoms with Crippen LogP contribution in [0.5, 0.6) is 0 Å². The van der Waals surface area contributed by atoms with Crippen molar-refractivity contribution >= 4 is 28.8 Å². The lowest BCUT2D eigenvalue weighted by Crippen LogP contribution is -2.07. The van der Waals surface area contributed by atoms with E-state index in [1.807, 2.05) is 30.3 Å². The molecule has 0 fully saturated rings. The minimum absolute atomic E-state index is 0.0242. The van der Waals surface area contributed by atoms with Crippen LogP contribution in [0.15, 0.2) is 42.5 Å². The summed E-state index contributed by atoms with van der Waals surface area (Å²) in [6.45, 7) is 2.30. The van der Waals surface area contributed by atoms with Gasteiger partial charge < -0.3 is 11.1 Å². The molecular formula is C16H17ClN2O. The SMILES string of the molecule is CC(=O)c1cc(NCCc2ccc(Cl)cc2)ccc1N. The fourth-order valence-corrected chi connectivity index (χ4v) is 2.10. The van der Waals surface area contributed by atoms with E-state index >= 15 is 0 Å². The first kappa shape index (κ1) is 14.4. The van der Waals surface area contributed by atoms with Gasteiger partial charge in [-0.25, -0.2) is 0 Å². The fraction of sp³-hybridized carbons (Fsp3) is 0.188. The number of ketones is 1. The van der Waals surface area contributed by atoms with Crippen LogP contribution in [0.4, 0.5) is 11.4 Å². The van der Waals surface area contributed by atoms with E-state index in [1.54, 1.807) is 12.1 Å². The molecule has 104 valence electrons. The normalized spacial score (nSPS) is 10.3. The second-order valence-electron chi connectivity index (χ2n) is 4.66. The van der Waals surface area contributed by atoms with Crippen molar-refractivity contribution in [3.63, 3.8) is 0 Å². The molecule has 0 unspecified atom stereocenters. The van der Waals surface area contributed by atoms with Gasteiger partial charge in [-0.1, -0.05) is 23.7 Å². The summed E-state index contributed by atoms with van der Waals surface area (Å²) in [5.41, 5.74) is 8.95. The minimum Gasteiger partial charge on any atom is -0.398 e. The minimum atomic E-state index is -0.0242. The molecule has 0 saturated heterocycles. The Morgan fingerprint density at radius 1 is 1.20 bits per heavy atom. The van der Waals surface area contributed by atoms with Crippen LogP contribution < -0.4 is 11.1 Å². The largest absolute Gasteiger partial charge is 0.398 e. The van der Waals surface area contributed by atoms with E-state index < -0.39 is 0 Å². The van der Waals surface area contributed by atoms with Crippen LogP contribution in [0.25, 0.3) is 0 Å². The molecule has 0 radical (unpaired) electrons. The van der Waals surface area contributed by atoms with E-state index in [1.165, 1.54) is 12.5 Å². The summed E-state index contributed by atoms with van der Waals surface area (Å²) in [4.78, 5) is 11.4. The molecule has 3 N–H and O–H groups in total. The molecule has 4 heteroatoms. The van der Waals surface area contributed by atoms with Gasteiger partial charge in [0.15, 0.2) is 5.78 Å². The first-order chi connectivity index (χ1) is 9.56. The molecular weight excluding hydrogens is 272 g/mol. The van der Waals surface area contributed by atoms with Crippen molar-refractivity contribution < 1.29 is 4.79 Å². The van der Waals surface area contributed by atoms with E-state index in [2.05, 4.69) is 5.32 Å². The monoisotopic (exact) mass is 288 g/mol. The van der Waals surface area contributed by atoms with Crippen molar-refractivity contribution in [3.05, 3.63) is 58.6 Å². The third-order valence-corrected chi connectivity index (χ3v) is 3.34. The highest BCUT2D eigenvalue weighted by atomic mass is 35.5. The molecule has 0 bridgehead atoms. The van der Waals surface area contributed by atoms with E-state index in [4.69, 9.17) is 17.3 Å². The number of hydrogen-bond donors (Lipinski definition) is 2. The number of carbonyl (C=O) groups is 1. The van der Waals surface area contributed by atoms with Crippen molar-refractivity contribution in [2.45, 2.75) is 13.3 Å². The number of benzene rings is 2. The summed E-state index contributed by atoms with van der Waals surface area (Å²) in [7, 11) is 0. The molecule has 0 aliphatic heterocycles. The second-order valence-corrected chi connectivity index (χ2v) is 5.10. The quantitative estimate of drug-likeness (QED) is 0.650. The van der Waals surface area contributed by atoms with Crippen molar-refractivity contribution in [2.75, 3.05) is 17.6 Å². The van der Waals surface area contributed by atoms with Gasteiger partial charge in [0.1, 0.15) is 0 Å². The van der Waals surface area contributed by atoms with Crippen LogP contribution in [0.1, 0.15) is 22.8 Å². The standard InChI is InChI=1S/C16H17ClN2O/c1-11(20)15-10-14(6-7-16(15)18)19-9-8-12-2-4-13(17)5-3-12/h2-7,10,19H,8-9,18H2,1H3. The van der Waals surface area contributed by atoms with Crippen molar-refractivity contribution in [3.8, 4) is 0 Å². The van der Waals surface area contributed by atoms with Gasteiger partial charge in [-0.05, 0) is 49.2 Å². The molecule has 2 aromatic carbocycles. The Balaban J connectivity index is 1.96. The summed E-state index contributed by atoms with van der Waals surface area (Å²) in [6, 6.07) is 13.2. The van der Waals surface area contributed by atoms with E-state index in [-0.39, 0.29) is 5.78 Å². The summed E-state index contributed by atoms with van der Waals surface area (Å²) in [5.74, 6) is -0.0242. The maximum Gasteiger partial charge on any atom is 0.161 e. The van der Waals surface area contributed by atoms with Gasteiger partial charge in [0, 0.05) is 28.5 Å². The number of nitrogens with two attached hydrogens (primary N) is 1. The zero-order chi connectivity index (χ0) is 14.5. The summed E-state index contributed by atoms with van der Waals surface area (Å²) in [5, 5.41) is 4.03. The first-order valence-electron chi connectivity index (χ1n) is 6.45. The zero-order valence-corrected chi connectivity index (χ0v) is 12.1. The molecule has 2 rings (SSSR count). The van der Waals surface area contributed by atoms with Gasteiger partial charge in [0.2, 0.25) is 0 Å². The molecule has 0 aliphatic carbocycles. The van der Waals surface area contributed by atoms with E-state index in [9.17, 15) is 4.79 Å². The Morgan fingerprint density at radius 3 is 2.55 bits per heavy atom. The highest BCUT2D eigenvalue weighted by molar-refractivity contribution is 6.30. The molecule has 0 saturated carbocycles. The van der Waals surface area contributed by atoms with Gasteiger partial charge in [0.05, 0.1) is 0 Å². The lowest BCUT2D eigenvalue weighted by Gasteiger charge is -2.09. The van der Waals surface area contributed by atoms with Gasteiger partial charge in [-0.2, -0.15) is 0 Å². The average Bonchev–Trinajstić information content (AvgIpc) is 2.42. The predicted octanol–water partition coefficient (Wildman–Crippen LogP) is 3.78. The number of rotatable bonds is 5. The molecule has 0 aliphatic rings. The third kappa shape index (κ3) is 3.75. The molecule has 0 amide bonds. The molecule has 2 aromatic rings. The number of anilines is 2. The zero-order valence-electron chi connectivity index (χ0n) is 11.3. The first-order valence-corrected chi connectivity index (χ1v) is 6.83. The van der Waals surface area contributed by atoms with Crippen LogP contribution in [-0.4, -0.2) is 12.3 Å². The Hall–Kier alpha value is -2.00. The topological polar surface area (TPSA) is 55.1 Å². The maximum absolute atomic E-state index is 11.4. The number of nitrogens with one attached hydrogen (secondary N) is 1. The third-order valence-electron chi connectivity index (χ3n) is 3.09. The smallest absolute Gasteiger partial charge is 0.161 e. The maximum atomic E-state index is 11.4. The fourth-order valence-electron chi connectivity index (χ4n) is 1.97. The average molecular weight is 289 g/mol. The van der Waals surface area contributed by atoms with Gasteiger partial charge in [-0.15, -0.1) is 0 Å². The van der Waals surface area contributed by atoms with Gasteiger partial charge in [0.25, 0.3) is 0 Å². The Labute approximate surface area is 123 Å². The molecule has 3 nitrogen and oxygen atoms in total. The number of hydrogen-bond acceptors (Lipinski definition) is 3.